The Hall–Kier alpha value is -4.31. The average Bonchev–Trinajstić information content (AvgIpc) is 3.27. The Morgan fingerprint density at radius 1 is 1.05 bits per heavy atom. The molecule has 4 aromatic rings. The number of ether oxygens (including phenoxy) is 2. The quantitative estimate of drug-likeness (QED) is 0.205. The van der Waals surface area contributed by atoms with Crippen LogP contribution in [0.4, 0.5) is 23.0 Å². The van der Waals surface area contributed by atoms with Gasteiger partial charge in [0.15, 0.2) is 0 Å². The van der Waals surface area contributed by atoms with Gasteiger partial charge in [-0.2, -0.15) is 0 Å². The number of methoxy groups -OCH3 is 1. The molecule has 2 heterocycles. The van der Waals surface area contributed by atoms with Gasteiger partial charge in [0.1, 0.15) is 11.3 Å². The fourth-order valence-corrected chi connectivity index (χ4v) is 4.77. The minimum atomic E-state index is -0.467. The minimum Gasteiger partial charge on any atom is -0.494 e. The van der Waals surface area contributed by atoms with E-state index in [0.29, 0.717) is 28.6 Å². The van der Waals surface area contributed by atoms with E-state index in [0.717, 1.165) is 40.9 Å². The summed E-state index contributed by atoms with van der Waals surface area (Å²) in [5.74, 6) is 0.516. The van der Waals surface area contributed by atoms with E-state index >= 15 is 0 Å². The number of likely N-dealkylation sites (N-methyl/N-ethyl adjacent to an activating group) is 2. The lowest BCUT2D eigenvalue weighted by atomic mass is 10.1. The summed E-state index contributed by atoms with van der Waals surface area (Å²) in [6, 6.07) is 12.3. The van der Waals surface area contributed by atoms with Crippen molar-refractivity contribution in [2.45, 2.75) is 39.8 Å². The molecule has 0 spiro atoms. The van der Waals surface area contributed by atoms with Crippen LogP contribution in [0.2, 0.25) is 0 Å². The van der Waals surface area contributed by atoms with Crippen LogP contribution in [0, 0.1) is 0 Å². The summed E-state index contributed by atoms with van der Waals surface area (Å²) in [5.41, 5.74) is 5.34. The highest BCUT2D eigenvalue weighted by Crippen LogP contribution is 2.39. The smallest absolute Gasteiger partial charge is 0.342 e. The first-order chi connectivity index (χ1) is 20.0. The van der Waals surface area contributed by atoms with Crippen LogP contribution >= 0.6 is 0 Å². The fraction of sp³-hybridized carbons (Fsp3) is 0.406. The largest absolute Gasteiger partial charge is 0.494 e. The average molecular weight is 574 g/mol. The van der Waals surface area contributed by atoms with Gasteiger partial charge in [-0.15, -0.1) is 0 Å². The molecule has 0 unspecified atom stereocenters. The lowest BCUT2D eigenvalue weighted by molar-refractivity contribution is 0.0378. The number of fused-ring (bicyclic) bond motifs is 1. The highest BCUT2D eigenvalue weighted by Gasteiger charge is 2.23. The topological polar surface area (TPSA) is 96.8 Å². The lowest BCUT2D eigenvalue weighted by Gasteiger charge is -2.27. The number of benzene rings is 2. The lowest BCUT2D eigenvalue weighted by Crippen LogP contribution is -2.29. The molecule has 0 aliphatic heterocycles. The Bertz CT molecular complexity index is 1540. The molecular weight excluding hydrogens is 530 g/mol. The normalized spacial score (nSPS) is 11.4. The molecule has 0 saturated heterocycles. The molecule has 2 aromatic carbocycles. The summed E-state index contributed by atoms with van der Waals surface area (Å²) in [6.07, 6.45) is 3.23. The van der Waals surface area contributed by atoms with E-state index in [1.807, 2.05) is 68.1 Å². The van der Waals surface area contributed by atoms with Crippen LogP contribution in [0.15, 0.2) is 48.8 Å². The highest BCUT2D eigenvalue weighted by molar-refractivity contribution is 6.03. The summed E-state index contributed by atoms with van der Waals surface area (Å²) < 4.78 is 13.4. The van der Waals surface area contributed by atoms with Crippen molar-refractivity contribution in [1.29, 1.82) is 0 Å². The number of para-hydroxylation sites is 1. The van der Waals surface area contributed by atoms with Gasteiger partial charge in [0.2, 0.25) is 5.95 Å². The first-order valence-corrected chi connectivity index (χ1v) is 14.2. The molecule has 10 heteroatoms. The first kappa shape index (κ1) is 30.6. The van der Waals surface area contributed by atoms with E-state index in [-0.39, 0.29) is 12.1 Å². The fourth-order valence-electron chi connectivity index (χ4n) is 4.77. The van der Waals surface area contributed by atoms with Crippen molar-refractivity contribution in [3.05, 3.63) is 54.4 Å². The summed E-state index contributed by atoms with van der Waals surface area (Å²) >= 11 is 0. The number of rotatable bonds is 12. The Balaban J connectivity index is 1.80. The van der Waals surface area contributed by atoms with Gasteiger partial charge >= 0.3 is 5.97 Å². The molecule has 224 valence electrons. The third-order valence-electron chi connectivity index (χ3n) is 6.81. The maximum Gasteiger partial charge on any atom is 0.342 e. The second-order valence-corrected chi connectivity index (χ2v) is 11.3. The van der Waals surface area contributed by atoms with Gasteiger partial charge in [0.05, 0.1) is 36.0 Å². The maximum absolute atomic E-state index is 13.1. The number of hydrogen-bond acceptors (Lipinski definition) is 9. The molecule has 0 bridgehead atoms. The number of hydrogen-bond donors (Lipinski definition) is 2. The van der Waals surface area contributed by atoms with Gasteiger partial charge in [-0.3, -0.25) is 0 Å². The zero-order valence-electron chi connectivity index (χ0n) is 26.1. The molecule has 10 nitrogen and oxygen atoms in total. The van der Waals surface area contributed by atoms with Crippen LogP contribution in [0.5, 0.6) is 5.75 Å². The number of nitrogens with one attached hydrogen (secondary N) is 2. The Kier molecular flexibility index (Phi) is 9.57. The number of aryl methyl sites for hydroxylation is 1. The minimum absolute atomic E-state index is 0.215. The van der Waals surface area contributed by atoms with E-state index in [1.165, 1.54) is 6.20 Å². The van der Waals surface area contributed by atoms with Gasteiger partial charge in [0.25, 0.3) is 0 Å². The van der Waals surface area contributed by atoms with E-state index in [2.05, 4.69) is 60.4 Å². The van der Waals surface area contributed by atoms with Crippen LogP contribution in [-0.4, -0.2) is 78.9 Å². The van der Waals surface area contributed by atoms with E-state index in [4.69, 9.17) is 14.5 Å². The molecule has 0 amide bonds. The number of aromatic nitrogens is 3. The van der Waals surface area contributed by atoms with Crippen molar-refractivity contribution in [3.63, 3.8) is 0 Å². The molecule has 0 aliphatic rings. The van der Waals surface area contributed by atoms with Gasteiger partial charge < -0.3 is 34.5 Å². The van der Waals surface area contributed by atoms with Crippen LogP contribution in [0.3, 0.4) is 0 Å². The van der Waals surface area contributed by atoms with Crippen molar-refractivity contribution < 1.29 is 14.3 Å². The van der Waals surface area contributed by atoms with Gasteiger partial charge in [-0.1, -0.05) is 18.2 Å². The summed E-state index contributed by atoms with van der Waals surface area (Å²) in [4.78, 5) is 26.9. The van der Waals surface area contributed by atoms with E-state index < -0.39 is 5.97 Å². The molecule has 0 fully saturated rings. The Labute approximate surface area is 248 Å². The molecule has 0 atom stereocenters. The maximum atomic E-state index is 13.1. The van der Waals surface area contributed by atoms with Crippen molar-refractivity contribution in [3.8, 4) is 17.0 Å². The van der Waals surface area contributed by atoms with Crippen LogP contribution in [-0.2, 0) is 11.8 Å². The SMILES string of the molecule is COc1cc(N(C)CCN(C)C)c(NC(C)C)cc1Nc1ncc(C(=O)OC(C)C)c(-c2cn(C)c3ccccc23)n1. The molecule has 0 aliphatic carbocycles. The Morgan fingerprint density at radius 2 is 1.79 bits per heavy atom. The van der Waals surface area contributed by atoms with Gasteiger partial charge in [0, 0.05) is 68.2 Å². The number of carbonyl (C=O) groups is 1. The number of anilines is 4. The highest BCUT2D eigenvalue weighted by atomic mass is 16.5. The predicted octanol–water partition coefficient (Wildman–Crippen LogP) is 5.77. The van der Waals surface area contributed by atoms with Crippen molar-refractivity contribution in [2.75, 3.05) is 56.9 Å². The predicted molar refractivity (Wildman–Crippen MR) is 171 cm³/mol. The second-order valence-electron chi connectivity index (χ2n) is 11.3. The second kappa shape index (κ2) is 13.1. The standard InChI is InChI=1S/C32H43N7O3/c1-20(2)34-25-16-26(29(41-9)17-28(25)38(7)15-14-37(5)6)35-32-33-18-23(31(40)42-21(3)4)30(36-32)24-19-39(8)27-13-11-10-12-22(24)27/h10-13,16-21,34H,14-15H2,1-9H3,(H,33,35,36). The first-order valence-electron chi connectivity index (χ1n) is 14.2. The molecule has 42 heavy (non-hydrogen) atoms. The van der Waals surface area contributed by atoms with Crippen molar-refractivity contribution in [1.82, 2.24) is 19.4 Å². The molecule has 2 N–H and O–H groups in total. The van der Waals surface area contributed by atoms with Crippen molar-refractivity contribution >= 4 is 39.9 Å². The molecule has 0 saturated carbocycles. The molecule has 4 rings (SSSR count). The monoisotopic (exact) mass is 573 g/mol. The third-order valence-corrected chi connectivity index (χ3v) is 6.81. The molecular formula is C32H43N7O3. The molecule has 2 aromatic heterocycles. The van der Waals surface area contributed by atoms with Crippen LogP contribution < -0.4 is 20.3 Å². The van der Waals surface area contributed by atoms with E-state index in [9.17, 15) is 4.79 Å². The summed E-state index contributed by atoms with van der Waals surface area (Å²) in [7, 11) is 9.83. The Morgan fingerprint density at radius 3 is 2.45 bits per heavy atom. The number of carbonyl (C=O) groups excluding carboxylic acids is 1. The van der Waals surface area contributed by atoms with Crippen molar-refractivity contribution in [2.24, 2.45) is 7.05 Å². The zero-order valence-corrected chi connectivity index (χ0v) is 26.1. The van der Waals surface area contributed by atoms with Crippen LogP contribution in [0.25, 0.3) is 22.2 Å². The van der Waals surface area contributed by atoms with E-state index in [1.54, 1.807) is 7.11 Å². The summed E-state index contributed by atoms with van der Waals surface area (Å²) in [5, 5.41) is 7.90. The zero-order chi connectivity index (χ0) is 30.6. The third kappa shape index (κ3) is 6.94. The van der Waals surface area contributed by atoms with Gasteiger partial charge in [-0.05, 0) is 53.9 Å². The number of esters is 1. The number of nitrogens with zero attached hydrogens (tertiary/aromatic N) is 5. The summed E-state index contributed by atoms with van der Waals surface area (Å²) in [6.45, 7) is 9.62. The van der Waals surface area contributed by atoms with Crippen LogP contribution in [0.1, 0.15) is 38.1 Å². The van der Waals surface area contributed by atoms with Gasteiger partial charge in [-0.25, -0.2) is 14.8 Å². The molecule has 0 radical (unpaired) electrons.